The Morgan fingerprint density at radius 2 is 0.909 bits per heavy atom. The first-order valence-corrected chi connectivity index (χ1v) is 28.4. The number of aromatic nitrogens is 8. The molecule has 4 heterocycles. The highest BCUT2D eigenvalue weighted by Gasteiger charge is 2.21. The van der Waals surface area contributed by atoms with Crippen molar-refractivity contribution in [2.75, 3.05) is 90.5 Å². The molecule has 0 aliphatic rings. The SMILES string of the molecule is Nc1nc(OCc2ccc(CNC(=O)CCCC(=O)NCCOCCOCC(=O)NCCCCC(NC(=O)COCCOCCNC(=O)CCCC(=O)NCc3ccc(COc4nc(N)nc5nc[nH]c45)cc3)C(=O)NCC(=O)O)cc2)c2[nH]cnc2n1. The van der Waals surface area contributed by atoms with E-state index in [2.05, 4.69) is 77.1 Å². The van der Waals surface area contributed by atoms with E-state index in [1.54, 1.807) is 0 Å². The zero-order valence-corrected chi connectivity index (χ0v) is 48.5. The number of aliphatic carboxylic acids is 1. The lowest BCUT2D eigenvalue weighted by Crippen LogP contribution is -2.48. The quantitative estimate of drug-likeness (QED) is 0.0222. The Bertz CT molecular complexity index is 3200. The minimum absolute atomic E-state index is 0.0308. The van der Waals surface area contributed by atoms with E-state index in [0.717, 1.165) is 22.3 Å². The van der Waals surface area contributed by atoms with E-state index in [-0.39, 0.29) is 153 Å². The second-order valence-electron chi connectivity index (χ2n) is 19.6. The van der Waals surface area contributed by atoms with Crippen molar-refractivity contribution in [3.63, 3.8) is 0 Å². The van der Waals surface area contributed by atoms with Gasteiger partial charge in [-0.15, -0.1) is 0 Å². The molecule has 0 saturated heterocycles. The molecule has 7 amide bonds. The van der Waals surface area contributed by atoms with Crippen molar-refractivity contribution in [1.29, 1.82) is 0 Å². The molecule has 0 aliphatic heterocycles. The first-order chi connectivity index (χ1) is 42.7. The van der Waals surface area contributed by atoms with E-state index in [1.165, 1.54) is 12.7 Å². The molecule has 0 radical (unpaired) electrons. The third-order valence-electron chi connectivity index (χ3n) is 12.6. The van der Waals surface area contributed by atoms with Crippen molar-refractivity contribution in [2.24, 2.45) is 0 Å². The monoisotopic (exact) mass is 1230 g/mol. The fourth-order valence-corrected chi connectivity index (χ4v) is 8.08. The third-order valence-corrected chi connectivity index (χ3v) is 12.6. The molecule has 1 atom stereocenters. The summed E-state index contributed by atoms with van der Waals surface area (Å²) in [5.41, 5.74) is 16.9. The standard InChI is InChI=1S/C56H75N17O15/c57-55-70-50-48(65-34-67-50)53(72-55)87-30-38-14-10-36(11-15-38)27-62-43(76)8-3-6-41(74)60-19-21-83-23-25-85-32-45(78)59-18-2-1-5-40(52(82)64-29-47(80)81)69-46(79)33-86-26-24-84-22-20-61-42(75)7-4-9-44(77)63-28-37-12-16-39(17-13-37)31-88-54-49-51(68-35-66-49)71-56(58)73-54/h10-17,34-35,40H,1-9,18-33H2,(H,59,78)(H,60,74)(H,61,75)(H,62,76)(H,63,77)(H,64,82)(H,69,79)(H,80,81)(H3,57,65,67,70,72)(H3,58,66,68,71,73). The third kappa shape index (κ3) is 25.9. The Hall–Kier alpha value is -9.66. The molecule has 32 nitrogen and oxygen atoms in total. The molecule has 32 heteroatoms. The molecule has 88 heavy (non-hydrogen) atoms. The van der Waals surface area contributed by atoms with E-state index in [1.807, 2.05) is 48.5 Å². The number of hydrogen-bond acceptors (Lipinski definition) is 22. The van der Waals surface area contributed by atoms with Gasteiger partial charge in [-0.2, -0.15) is 19.9 Å². The molecule has 4 aromatic heterocycles. The number of imidazole rings is 2. The number of aromatic amines is 2. The Morgan fingerprint density at radius 3 is 1.39 bits per heavy atom. The number of rotatable bonds is 43. The smallest absolute Gasteiger partial charge is 0.322 e. The molecule has 1 unspecified atom stereocenters. The lowest BCUT2D eigenvalue weighted by molar-refractivity contribution is -0.138. The van der Waals surface area contributed by atoms with Crippen LogP contribution in [0.25, 0.3) is 22.3 Å². The Labute approximate surface area is 504 Å². The Kier molecular flexibility index (Phi) is 28.9. The largest absolute Gasteiger partial charge is 0.480 e. The summed E-state index contributed by atoms with van der Waals surface area (Å²) in [5.74, 6) is -3.09. The van der Waals surface area contributed by atoms with Crippen LogP contribution in [0.4, 0.5) is 11.9 Å². The van der Waals surface area contributed by atoms with Crippen LogP contribution < -0.4 is 58.2 Å². The highest BCUT2D eigenvalue weighted by atomic mass is 16.5. The van der Waals surface area contributed by atoms with Gasteiger partial charge in [-0.05, 0) is 54.4 Å². The predicted octanol–water partition coefficient (Wildman–Crippen LogP) is -0.114. The summed E-state index contributed by atoms with van der Waals surface area (Å²) in [6.07, 6.45) is 5.30. The topological polar surface area (TPSA) is 457 Å². The molecule has 0 saturated carbocycles. The molecular formula is C56H75N17O15. The van der Waals surface area contributed by atoms with Gasteiger partial charge in [-0.1, -0.05) is 48.5 Å². The summed E-state index contributed by atoms with van der Waals surface area (Å²) >= 11 is 0. The van der Waals surface area contributed by atoms with E-state index in [4.69, 9.17) is 45.0 Å². The first-order valence-electron chi connectivity index (χ1n) is 28.4. The molecule has 0 aliphatic carbocycles. The summed E-state index contributed by atoms with van der Waals surface area (Å²) in [4.78, 5) is 128. The van der Waals surface area contributed by atoms with Crippen LogP contribution in [-0.2, 0) is 83.6 Å². The fourth-order valence-electron chi connectivity index (χ4n) is 8.08. The minimum atomic E-state index is -1.26. The van der Waals surface area contributed by atoms with Gasteiger partial charge in [-0.3, -0.25) is 38.4 Å². The van der Waals surface area contributed by atoms with Gasteiger partial charge >= 0.3 is 5.97 Å². The highest BCUT2D eigenvalue weighted by Crippen LogP contribution is 2.22. The van der Waals surface area contributed by atoms with Gasteiger partial charge in [0.25, 0.3) is 0 Å². The molecule has 0 bridgehead atoms. The summed E-state index contributed by atoms with van der Waals surface area (Å²) < 4.78 is 33.2. The van der Waals surface area contributed by atoms with Gasteiger partial charge in [0.2, 0.25) is 65.0 Å². The average Bonchev–Trinajstić information content (AvgIpc) is 4.10. The number of hydrogen-bond donors (Lipinski definition) is 12. The van der Waals surface area contributed by atoms with Gasteiger partial charge in [0.05, 0.1) is 52.3 Å². The van der Waals surface area contributed by atoms with Gasteiger partial charge in [0.1, 0.15) is 50.0 Å². The second-order valence-corrected chi connectivity index (χ2v) is 19.6. The molecule has 6 aromatic rings. The summed E-state index contributed by atoms with van der Waals surface area (Å²) in [7, 11) is 0. The maximum absolute atomic E-state index is 12.7. The van der Waals surface area contributed by atoms with Crippen molar-refractivity contribution in [1.82, 2.24) is 77.1 Å². The minimum Gasteiger partial charge on any atom is -0.480 e. The van der Waals surface area contributed by atoms with Crippen LogP contribution in [0.3, 0.4) is 0 Å². The van der Waals surface area contributed by atoms with Gasteiger partial charge in [0, 0.05) is 58.4 Å². The molecule has 0 fully saturated rings. The van der Waals surface area contributed by atoms with Crippen LogP contribution in [0.15, 0.2) is 61.2 Å². The van der Waals surface area contributed by atoms with Crippen LogP contribution in [0.5, 0.6) is 11.8 Å². The van der Waals surface area contributed by atoms with E-state index in [0.29, 0.717) is 72.9 Å². The van der Waals surface area contributed by atoms with Gasteiger partial charge in [-0.25, -0.2) is 9.97 Å². The number of nitrogens with one attached hydrogen (secondary N) is 9. The van der Waals surface area contributed by atoms with E-state index in [9.17, 15) is 38.4 Å². The number of carbonyl (C=O) groups is 8. The number of anilines is 2. The number of carbonyl (C=O) groups excluding carboxylic acids is 7. The van der Waals surface area contributed by atoms with Crippen LogP contribution in [0.2, 0.25) is 0 Å². The number of benzene rings is 2. The Balaban J connectivity index is 0.695. The first kappa shape index (κ1) is 67.5. The highest BCUT2D eigenvalue weighted by molar-refractivity contribution is 5.90. The summed E-state index contributed by atoms with van der Waals surface area (Å²) in [5, 5.41) is 27.7. The lowest BCUT2D eigenvalue weighted by Gasteiger charge is -2.18. The van der Waals surface area contributed by atoms with Crippen molar-refractivity contribution in [3.8, 4) is 11.8 Å². The maximum atomic E-state index is 12.7. The molecule has 474 valence electrons. The van der Waals surface area contributed by atoms with Crippen LogP contribution in [0.1, 0.15) is 80.0 Å². The summed E-state index contributed by atoms with van der Waals surface area (Å²) in [6, 6.07) is 13.9. The Morgan fingerprint density at radius 1 is 0.477 bits per heavy atom. The van der Waals surface area contributed by atoms with E-state index < -0.39 is 37.0 Å². The number of ether oxygens (including phenoxy) is 6. The number of nitrogens with zero attached hydrogens (tertiary/aromatic N) is 6. The predicted molar refractivity (Wildman–Crippen MR) is 314 cm³/mol. The number of nitrogen functional groups attached to an aromatic ring is 2. The zero-order chi connectivity index (χ0) is 62.7. The number of carboxylic acids is 1. The molecule has 14 N–H and O–H groups in total. The number of unbranched alkanes of at least 4 members (excludes halogenated alkanes) is 1. The van der Waals surface area contributed by atoms with Gasteiger partial charge in [0.15, 0.2) is 11.3 Å². The number of nitrogens with two attached hydrogens (primary N) is 2. The van der Waals surface area contributed by atoms with E-state index >= 15 is 0 Å². The summed E-state index contributed by atoms with van der Waals surface area (Å²) in [6.45, 7) is 1.37. The molecular weight excluding hydrogens is 1150 g/mol. The van der Waals surface area contributed by atoms with Crippen molar-refractivity contribution in [2.45, 2.75) is 90.1 Å². The molecule has 6 rings (SSSR count). The average molecular weight is 1230 g/mol. The normalized spacial score (nSPS) is 11.4. The van der Waals surface area contributed by atoms with Crippen LogP contribution in [-0.4, -0.2) is 177 Å². The number of amides is 7. The van der Waals surface area contributed by atoms with Crippen molar-refractivity contribution in [3.05, 3.63) is 83.4 Å². The van der Waals surface area contributed by atoms with Crippen LogP contribution in [0, 0.1) is 0 Å². The number of fused-ring (bicyclic) bond motifs is 2. The van der Waals surface area contributed by atoms with Crippen molar-refractivity contribution >= 4 is 81.5 Å². The molecule has 0 spiro atoms. The lowest BCUT2D eigenvalue weighted by atomic mass is 10.1. The fraction of sp³-hybridized carbons (Fsp3) is 0.464. The second kappa shape index (κ2) is 37.7. The maximum Gasteiger partial charge on any atom is 0.322 e. The number of H-pyrrole nitrogens is 2. The van der Waals surface area contributed by atoms with Gasteiger partial charge < -0.3 is 92.2 Å². The van der Waals surface area contributed by atoms with Crippen LogP contribution >= 0.6 is 0 Å². The van der Waals surface area contributed by atoms with Crippen molar-refractivity contribution < 1.29 is 71.9 Å². The number of carboxylic acid groups (broad SMARTS) is 1. The molecule has 2 aromatic carbocycles. The zero-order valence-electron chi connectivity index (χ0n) is 48.5.